The van der Waals surface area contributed by atoms with Crippen molar-refractivity contribution in [3.8, 4) is 17.0 Å². The third kappa shape index (κ3) is 4.37. The zero-order chi connectivity index (χ0) is 15.9. The highest BCUT2D eigenvalue weighted by molar-refractivity contribution is 7.14. The SMILES string of the molecule is O=C(CCOc1ccccc1)Nc1nc(-c2ccncc2)cs1. The van der Waals surface area contributed by atoms with E-state index in [0.29, 0.717) is 11.7 Å². The molecule has 1 amide bonds. The standard InChI is InChI=1S/C17H15N3O2S/c21-16(8-11-22-14-4-2-1-3-5-14)20-17-19-15(12-23-17)13-6-9-18-10-7-13/h1-7,9-10,12H,8,11H2,(H,19,20,21). The first-order valence-electron chi connectivity index (χ1n) is 7.15. The number of carbonyl (C=O) groups is 1. The van der Waals surface area contributed by atoms with Gasteiger partial charge in [0.05, 0.1) is 18.7 Å². The molecule has 6 heteroatoms. The minimum atomic E-state index is -0.114. The van der Waals surface area contributed by atoms with Gasteiger partial charge < -0.3 is 10.1 Å². The van der Waals surface area contributed by atoms with E-state index >= 15 is 0 Å². The highest BCUT2D eigenvalue weighted by atomic mass is 32.1. The average molecular weight is 325 g/mol. The molecule has 23 heavy (non-hydrogen) atoms. The highest BCUT2D eigenvalue weighted by Gasteiger charge is 2.08. The van der Waals surface area contributed by atoms with Crippen molar-refractivity contribution in [2.45, 2.75) is 6.42 Å². The second-order valence-corrected chi connectivity index (χ2v) is 5.59. The Morgan fingerprint density at radius 2 is 1.91 bits per heavy atom. The van der Waals surface area contributed by atoms with Crippen LogP contribution in [0.15, 0.2) is 60.2 Å². The van der Waals surface area contributed by atoms with Crippen molar-refractivity contribution in [2.75, 3.05) is 11.9 Å². The summed E-state index contributed by atoms with van der Waals surface area (Å²) in [5, 5.41) is 5.28. The molecule has 0 saturated heterocycles. The van der Waals surface area contributed by atoms with Crippen molar-refractivity contribution in [2.24, 2.45) is 0 Å². The molecule has 3 aromatic rings. The first-order valence-corrected chi connectivity index (χ1v) is 8.03. The lowest BCUT2D eigenvalue weighted by Gasteiger charge is -2.05. The molecule has 5 nitrogen and oxygen atoms in total. The van der Waals surface area contributed by atoms with Gasteiger partial charge in [0.1, 0.15) is 5.75 Å². The number of hydrogen-bond acceptors (Lipinski definition) is 5. The van der Waals surface area contributed by atoms with E-state index in [1.54, 1.807) is 12.4 Å². The van der Waals surface area contributed by atoms with Gasteiger partial charge in [0.2, 0.25) is 5.91 Å². The summed E-state index contributed by atoms with van der Waals surface area (Å²) in [5.41, 5.74) is 1.80. The van der Waals surface area contributed by atoms with Crippen LogP contribution in [-0.4, -0.2) is 22.5 Å². The number of amides is 1. The van der Waals surface area contributed by atoms with Gasteiger partial charge in [-0.15, -0.1) is 11.3 Å². The molecule has 0 unspecified atom stereocenters. The minimum Gasteiger partial charge on any atom is -0.493 e. The Morgan fingerprint density at radius 3 is 2.70 bits per heavy atom. The van der Waals surface area contributed by atoms with Crippen LogP contribution in [0.2, 0.25) is 0 Å². The van der Waals surface area contributed by atoms with Gasteiger partial charge in [-0.1, -0.05) is 18.2 Å². The Balaban J connectivity index is 1.49. The molecule has 2 heterocycles. The summed E-state index contributed by atoms with van der Waals surface area (Å²) in [6.45, 7) is 0.332. The van der Waals surface area contributed by atoms with Crippen LogP contribution < -0.4 is 10.1 Å². The molecule has 0 spiro atoms. The van der Waals surface area contributed by atoms with Gasteiger partial charge in [0.25, 0.3) is 0 Å². The van der Waals surface area contributed by atoms with Crippen molar-refractivity contribution >= 4 is 22.4 Å². The fourth-order valence-electron chi connectivity index (χ4n) is 1.95. The van der Waals surface area contributed by atoms with Gasteiger partial charge in [-0.25, -0.2) is 4.98 Å². The van der Waals surface area contributed by atoms with E-state index in [1.807, 2.05) is 47.8 Å². The number of benzene rings is 1. The number of ether oxygens (including phenoxy) is 1. The van der Waals surface area contributed by atoms with Crippen molar-refractivity contribution < 1.29 is 9.53 Å². The van der Waals surface area contributed by atoms with Crippen LogP contribution in [0.3, 0.4) is 0 Å². The van der Waals surface area contributed by atoms with Gasteiger partial charge in [0.15, 0.2) is 5.13 Å². The number of para-hydroxylation sites is 1. The lowest BCUT2D eigenvalue weighted by atomic mass is 10.2. The normalized spacial score (nSPS) is 10.3. The highest BCUT2D eigenvalue weighted by Crippen LogP contribution is 2.24. The number of aromatic nitrogens is 2. The number of nitrogens with one attached hydrogen (secondary N) is 1. The molecular weight excluding hydrogens is 310 g/mol. The quantitative estimate of drug-likeness (QED) is 0.752. The van der Waals surface area contributed by atoms with Crippen molar-refractivity contribution in [3.63, 3.8) is 0 Å². The second-order valence-electron chi connectivity index (χ2n) is 4.73. The van der Waals surface area contributed by atoms with E-state index in [9.17, 15) is 4.79 Å². The number of rotatable bonds is 6. The number of hydrogen-bond donors (Lipinski definition) is 1. The largest absolute Gasteiger partial charge is 0.493 e. The molecule has 0 fully saturated rings. The molecule has 0 aliphatic heterocycles. The molecule has 0 aliphatic rings. The van der Waals surface area contributed by atoms with E-state index in [2.05, 4.69) is 15.3 Å². The maximum atomic E-state index is 11.9. The number of carbonyl (C=O) groups excluding carboxylic acids is 1. The van der Waals surface area contributed by atoms with E-state index < -0.39 is 0 Å². The third-order valence-electron chi connectivity index (χ3n) is 3.07. The van der Waals surface area contributed by atoms with Crippen LogP contribution in [-0.2, 0) is 4.79 Å². The van der Waals surface area contributed by atoms with E-state index in [4.69, 9.17) is 4.74 Å². The first kappa shape index (κ1) is 15.2. The topological polar surface area (TPSA) is 64.1 Å². The van der Waals surface area contributed by atoms with Gasteiger partial charge in [-0.05, 0) is 24.3 Å². The number of thiazole rings is 1. The first-order chi connectivity index (χ1) is 11.3. The molecule has 2 aromatic heterocycles. The zero-order valence-corrected chi connectivity index (χ0v) is 13.1. The van der Waals surface area contributed by atoms with E-state index in [-0.39, 0.29) is 12.3 Å². The van der Waals surface area contributed by atoms with Gasteiger partial charge in [0, 0.05) is 23.3 Å². The van der Waals surface area contributed by atoms with Crippen LogP contribution in [0.1, 0.15) is 6.42 Å². The molecular formula is C17H15N3O2S. The van der Waals surface area contributed by atoms with Crippen LogP contribution in [0.25, 0.3) is 11.3 Å². The zero-order valence-electron chi connectivity index (χ0n) is 12.3. The van der Waals surface area contributed by atoms with Crippen LogP contribution in [0, 0.1) is 0 Å². The number of anilines is 1. The Labute approximate surface area is 138 Å². The lowest BCUT2D eigenvalue weighted by Crippen LogP contribution is -2.15. The molecule has 0 bridgehead atoms. The molecule has 116 valence electrons. The van der Waals surface area contributed by atoms with E-state index in [0.717, 1.165) is 17.0 Å². The Bertz CT molecular complexity index is 760. The molecule has 0 saturated carbocycles. The number of nitrogens with zero attached hydrogens (tertiary/aromatic N) is 2. The summed E-state index contributed by atoms with van der Waals surface area (Å²) in [4.78, 5) is 20.3. The summed E-state index contributed by atoms with van der Waals surface area (Å²) in [5.74, 6) is 0.645. The smallest absolute Gasteiger partial charge is 0.229 e. The summed E-state index contributed by atoms with van der Waals surface area (Å²) in [7, 11) is 0. The second kappa shape index (κ2) is 7.51. The number of pyridine rings is 1. The molecule has 0 aliphatic carbocycles. The lowest BCUT2D eigenvalue weighted by molar-refractivity contribution is -0.116. The van der Waals surface area contributed by atoms with Crippen LogP contribution in [0.4, 0.5) is 5.13 Å². The average Bonchev–Trinajstić information content (AvgIpc) is 3.05. The van der Waals surface area contributed by atoms with Crippen molar-refractivity contribution in [3.05, 3.63) is 60.2 Å². The molecule has 1 N–H and O–H groups in total. The Morgan fingerprint density at radius 1 is 1.13 bits per heavy atom. The van der Waals surface area contributed by atoms with Gasteiger partial charge in [-0.2, -0.15) is 0 Å². The Kier molecular flexibility index (Phi) is 4.95. The molecule has 3 rings (SSSR count). The summed E-state index contributed by atoms with van der Waals surface area (Å²) < 4.78 is 5.50. The minimum absolute atomic E-state index is 0.114. The van der Waals surface area contributed by atoms with Crippen LogP contribution >= 0.6 is 11.3 Å². The Hall–Kier alpha value is -2.73. The maximum absolute atomic E-state index is 11.9. The van der Waals surface area contributed by atoms with Gasteiger partial charge in [-0.3, -0.25) is 9.78 Å². The summed E-state index contributed by atoms with van der Waals surface area (Å²) >= 11 is 1.40. The fraction of sp³-hybridized carbons (Fsp3) is 0.118. The van der Waals surface area contributed by atoms with Crippen molar-refractivity contribution in [1.29, 1.82) is 0 Å². The predicted molar refractivity (Wildman–Crippen MR) is 90.5 cm³/mol. The molecule has 1 aromatic carbocycles. The third-order valence-corrected chi connectivity index (χ3v) is 3.83. The predicted octanol–water partition coefficient (Wildman–Crippen LogP) is 3.61. The molecule has 0 atom stereocenters. The van der Waals surface area contributed by atoms with Crippen molar-refractivity contribution in [1.82, 2.24) is 9.97 Å². The molecule has 0 radical (unpaired) electrons. The summed E-state index contributed by atoms with van der Waals surface area (Å²) in [6, 6.07) is 13.2. The maximum Gasteiger partial charge on any atom is 0.229 e. The summed E-state index contributed by atoms with van der Waals surface area (Å²) in [6.07, 6.45) is 3.71. The monoisotopic (exact) mass is 325 g/mol. The van der Waals surface area contributed by atoms with Crippen LogP contribution in [0.5, 0.6) is 5.75 Å². The fourth-order valence-corrected chi connectivity index (χ4v) is 2.68. The van der Waals surface area contributed by atoms with Gasteiger partial charge >= 0.3 is 0 Å². The van der Waals surface area contributed by atoms with E-state index in [1.165, 1.54) is 11.3 Å².